The molecular weight excluding hydrogens is 320 g/mol. The van der Waals surface area contributed by atoms with E-state index >= 15 is 0 Å². The van der Waals surface area contributed by atoms with Gasteiger partial charge in [0, 0.05) is 0 Å². The molecule has 2 aromatic carbocycles. The molecule has 0 aliphatic carbocycles. The van der Waals surface area contributed by atoms with Gasteiger partial charge in [-0.1, -0.05) is 12.1 Å². The van der Waals surface area contributed by atoms with Crippen LogP contribution in [0.3, 0.4) is 0 Å². The molecule has 0 unspecified atom stereocenters. The Hall–Kier alpha value is -0.527. The average Bonchev–Trinajstić information content (AvgIpc) is 2.36. The van der Waals surface area contributed by atoms with Gasteiger partial charge >= 0.3 is 30.0 Å². The summed E-state index contributed by atoms with van der Waals surface area (Å²) in [6, 6.07) is 15.7. The van der Waals surface area contributed by atoms with E-state index in [2.05, 4.69) is 19.7 Å². The van der Waals surface area contributed by atoms with E-state index in [1.807, 2.05) is 30.3 Å². The van der Waals surface area contributed by atoms with E-state index in [1.165, 1.54) is 16.3 Å². The molecule has 0 saturated carbocycles. The first-order valence-corrected chi connectivity index (χ1v) is 11.7. The first-order valence-electron chi connectivity index (χ1n) is 4.77. The van der Waals surface area contributed by atoms with Crippen LogP contribution in [-0.2, 0) is 16.3 Å². The Morgan fingerprint density at radius 2 is 1.69 bits per heavy atom. The zero-order chi connectivity index (χ0) is 12.0. The molecule has 3 heteroatoms. The monoisotopic (exact) mass is 328 g/mol. The van der Waals surface area contributed by atoms with Gasteiger partial charge in [0.1, 0.15) is 5.82 Å². The van der Waals surface area contributed by atoms with Crippen molar-refractivity contribution in [3.05, 3.63) is 59.9 Å². The first kappa shape index (κ1) is 13.5. The molecule has 0 N–H and O–H groups in total. The SMILES string of the molecule is Cc1ccc(-c2cc[c-]cc2)cc1F.[Zn+][Br]. The second-order valence-electron chi connectivity index (χ2n) is 3.25. The van der Waals surface area contributed by atoms with Crippen molar-refractivity contribution in [1.82, 2.24) is 0 Å². The quantitative estimate of drug-likeness (QED) is 0.535. The van der Waals surface area contributed by atoms with E-state index in [4.69, 9.17) is 0 Å². The van der Waals surface area contributed by atoms with Crippen LogP contribution in [0.4, 0.5) is 4.39 Å². The first-order chi connectivity index (χ1) is 7.77. The van der Waals surface area contributed by atoms with Crippen LogP contribution in [0.1, 0.15) is 5.56 Å². The normalized spacial score (nSPS) is 9.31. The molecule has 0 fully saturated rings. The fourth-order valence-corrected chi connectivity index (χ4v) is 1.35. The Kier molecular flexibility index (Phi) is 5.86. The van der Waals surface area contributed by atoms with Gasteiger partial charge < -0.3 is 0 Å². The van der Waals surface area contributed by atoms with Crippen LogP contribution in [-0.4, -0.2) is 0 Å². The van der Waals surface area contributed by atoms with Gasteiger partial charge in [-0.05, 0) is 24.1 Å². The van der Waals surface area contributed by atoms with Crippen LogP contribution in [0.2, 0.25) is 0 Å². The molecule has 0 heterocycles. The molecule has 16 heavy (non-hydrogen) atoms. The summed E-state index contributed by atoms with van der Waals surface area (Å²) in [6.07, 6.45) is 0. The Bertz CT molecular complexity index is 443. The van der Waals surface area contributed by atoms with Crippen molar-refractivity contribution < 1.29 is 20.7 Å². The summed E-state index contributed by atoms with van der Waals surface area (Å²) in [6.45, 7) is 1.76. The minimum absolute atomic E-state index is 0.157. The minimum atomic E-state index is -0.157. The van der Waals surface area contributed by atoms with Crippen LogP contribution in [0.5, 0.6) is 0 Å². The Morgan fingerprint density at radius 3 is 2.25 bits per heavy atom. The van der Waals surface area contributed by atoms with Gasteiger partial charge in [-0.2, -0.15) is 30.3 Å². The third-order valence-electron chi connectivity index (χ3n) is 2.22. The third-order valence-corrected chi connectivity index (χ3v) is 2.22. The Morgan fingerprint density at radius 1 is 1.06 bits per heavy atom. The van der Waals surface area contributed by atoms with E-state index in [0.717, 1.165) is 11.1 Å². The van der Waals surface area contributed by atoms with Gasteiger partial charge in [0.2, 0.25) is 0 Å². The number of halogens is 2. The number of benzene rings is 2. The van der Waals surface area contributed by atoms with Crippen LogP contribution in [0.15, 0.2) is 42.5 Å². The zero-order valence-corrected chi connectivity index (χ0v) is 13.6. The van der Waals surface area contributed by atoms with Gasteiger partial charge in [0.15, 0.2) is 0 Å². The molecule has 0 radical (unpaired) electrons. The predicted octanol–water partition coefficient (Wildman–Crippen LogP) is 4.44. The van der Waals surface area contributed by atoms with E-state index in [1.54, 1.807) is 19.1 Å². The van der Waals surface area contributed by atoms with Crippen LogP contribution in [0, 0.1) is 18.8 Å². The van der Waals surface area contributed by atoms with Gasteiger partial charge in [-0.25, -0.2) is 4.39 Å². The molecule has 0 spiro atoms. The predicted molar refractivity (Wildman–Crippen MR) is 64.3 cm³/mol. The molecule has 2 aromatic rings. The van der Waals surface area contributed by atoms with Crippen LogP contribution >= 0.6 is 13.6 Å². The summed E-state index contributed by atoms with van der Waals surface area (Å²) in [4.78, 5) is 0. The maximum absolute atomic E-state index is 13.3. The summed E-state index contributed by atoms with van der Waals surface area (Å²) in [7, 11) is 0. The van der Waals surface area contributed by atoms with Crippen molar-refractivity contribution in [3.8, 4) is 11.1 Å². The molecular formula is C13H10BrFZn. The fourth-order valence-electron chi connectivity index (χ4n) is 1.35. The molecule has 0 saturated heterocycles. The average molecular weight is 331 g/mol. The molecule has 0 nitrogen and oxygen atoms in total. The molecule has 0 aliphatic rings. The van der Waals surface area contributed by atoms with Crippen molar-refractivity contribution in [3.63, 3.8) is 0 Å². The third kappa shape index (κ3) is 3.50. The fraction of sp³-hybridized carbons (Fsp3) is 0.0769. The maximum atomic E-state index is 13.3. The summed E-state index contributed by atoms with van der Waals surface area (Å²) in [5.41, 5.74) is 2.60. The van der Waals surface area contributed by atoms with Crippen LogP contribution in [0.25, 0.3) is 11.1 Å². The van der Waals surface area contributed by atoms with Crippen molar-refractivity contribution in [2.45, 2.75) is 6.92 Å². The van der Waals surface area contributed by atoms with E-state index in [0.29, 0.717) is 5.56 Å². The Labute approximate surface area is 112 Å². The summed E-state index contributed by atoms with van der Waals surface area (Å²) in [5.74, 6) is -0.157. The van der Waals surface area contributed by atoms with E-state index in [-0.39, 0.29) is 5.82 Å². The van der Waals surface area contributed by atoms with Gasteiger partial charge in [0.05, 0.1) is 0 Å². The number of aryl methyl sites for hydroxylation is 1. The molecule has 0 bridgehead atoms. The zero-order valence-electron chi connectivity index (χ0n) is 9.00. The second kappa shape index (κ2) is 6.93. The van der Waals surface area contributed by atoms with Crippen LogP contribution < -0.4 is 0 Å². The summed E-state index contributed by atoms with van der Waals surface area (Å²) >= 11 is 4.25. The summed E-state index contributed by atoms with van der Waals surface area (Å²) in [5, 5.41) is 0. The molecule has 0 aromatic heterocycles. The number of hydrogen-bond donors (Lipinski definition) is 0. The topological polar surface area (TPSA) is 0 Å². The Balaban J connectivity index is 0.000000606. The second-order valence-corrected chi connectivity index (χ2v) is 3.25. The number of rotatable bonds is 1. The van der Waals surface area contributed by atoms with Crippen molar-refractivity contribution in [2.24, 2.45) is 0 Å². The van der Waals surface area contributed by atoms with Crippen molar-refractivity contribution >= 4 is 13.6 Å². The number of hydrogen-bond acceptors (Lipinski definition) is 0. The molecule has 0 amide bonds. The molecule has 0 aliphatic heterocycles. The molecule has 2 rings (SSSR count). The van der Waals surface area contributed by atoms with Gasteiger partial charge in [-0.3, -0.25) is 0 Å². The molecule has 78 valence electrons. The van der Waals surface area contributed by atoms with E-state index < -0.39 is 0 Å². The summed E-state index contributed by atoms with van der Waals surface area (Å²) < 4.78 is 13.3. The standard InChI is InChI=1S/C13H10F.BrH.Zn/c1-10-7-8-12(9-13(10)14)11-5-3-2-4-6-11;;/h3-9H,1H3;1H;/q-1;;+2/p-1. The van der Waals surface area contributed by atoms with Crippen molar-refractivity contribution in [2.75, 3.05) is 0 Å². The van der Waals surface area contributed by atoms with Crippen molar-refractivity contribution in [1.29, 1.82) is 0 Å². The van der Waals surface area contributed by atoms with Gasteiger partial charge in [-0.15, -0.1) is 5.56 Å². The van der Waals surface area contributed by atoms with Gasteiger partial charge in [0.25, 0.3) is 0 Å². The van der Waals surface area contributed by atoms with E-state index in [9.17, 15) is 4.39 Å². The molecule has 0 atom stereocenters.